The molecule has 6 nitrogen and oxygen atoms in total. The Morgan fingerprint density at radius 1 is 1.21 bits per heavy atom. The SMILES string of the molecule is CCCCCc1nnc(NC(=O)c2cnn(-c3ccccc3C)c2C(F)(F)F)s1. The maximum atomic E-state index is 13.8. The van der Waals surface area contributed by atoms with Crippen LogP contribution >= 0.6 is 11.3 Å². The van der Waals surface area contributed by atoms with Gasteiger partial charge in [0.1, 0.15) is 5.01 Å². The van der Waals surface area contributed by atoms with Gasteiger partial charge in [-0.2, -0.15) is 18.3 Å². The third-order valence-corrected chi connectivity index (χ3v) is 5.21. The van der Waals surface area contributed by atoms with Crippen LogP contribution in [0.1, 0.15) is 52.8 Å². The second-order valence-corrected chi connectivity index (χ2v) is 7.58. The van der Waals surface area contributed by atoms with Crippen LogP contribution in [0, 0.1) is 6.92 Å². The van der Waals surface area contributed by atoms with Crippen LogP contribution in [0.3, 0.4) is 0 Å². The number of alkyl halides is 3. The van der Waals surface area contributed by atoms with Gasteiger partial charge in [-0.05, 0) is 25.0 Å². The number of anilines is 1. The first-order valence-corrected chi connectivity index (χ1v) is 9.98. The topological polar surface area (TPSA) is 72.7 Å². The van der Waals surface area contributed by atoms with Crippen LogP contribution in [0.5, 0.6) is 0 Å². The number of amides is 1. The number of unbranched alkanes of at least 4 members (excludes halogenated alkanes) is 2. The number of hydrogen-bond acceptors (Lipinski definition) is 5. The molecule has 29 heavy (non-hydrogen) atoms. The molecule has 1 N–H and O–H groups in total. The molecule has 1 aromatic carbocycles. The van der Waals surface area contributed by atoms with E-state index in [1.165, 1.54) is 6.07 Å². The van der Waals surface area contributed by atoms with E-state index in [2.05, 4.69) is 27.5 Å². The molecule has 0 fully saturated rings. The highest BCUT2D eigenvalue weighted by molar-refractivity contribution is 7.15. The van der Waals surface area contributed by atoms with Gasteiger partial charge in [-0.1, -0.05) is 49.3 Å². The van der Waals surface area contributed by atoms with Crippen molar-refractivity contribution in [1.82, 2.24) is 20.0 Å². The number of aromatic nitrogens is 4. The van der Waals surface area contributed by atoms with E-state index in [4.69, 9.17) is 0 Å². The van der Waals surface area contributed by atoms with Crippen molar-refractivity contribution in [3.63, 3.8) is 0 Å². The highest BCUT2D eigenvalue weighted by Crippen LogP contribution is 2.34. The molecule has 0 atom stereocenters. The number of aryl methyl sites for hydroxylation is 2. The Kier molecular flexibility index (Phi) is 6.31. The maximum Gasteiger partial charge on any atom is 0.434 e. The lowest BCUT2D eigenvalue weighted by Gasteiger charge is -2.14. The van der Waals surface area contributed by atoms with Gasteiger partial charge in [-0.3, -0.25) is 10.1 Å². The molecule has 0 bridgehead atoms. The third-order valence-electron chi connectivity index (χ3n) is 4.31. The van der Waals surface area contributed by atoms with E-state index in [-0.39, 0.29) is 10.8 Å². The molecule has 0 saturated heterocycles. The Morgan fingerprint density at radius 3 is 2.66 bits per heavy atom. The van der Waals surface area contributed by atoms with Crippen LogP contribution in [0.25, 0.3) is 5.69 Å². The molecule has 154 valence electrons. The largest absolute Gasteiger partial charge is 0.434 e. The number of benzene rings is 1. The Bertz CT molecular complexity index is 996. The van der Waals surface area contributed by atoms with Crippen LogP contribution in [0.15, 0.2) is 30.5 Å². The summed E-state index contributed by atoms with van der Waals surface area (Å²) in [4.78, 5) is 12.6. The van der Waals surface area contributed by atoms with Gasteiger partial charge >= 0.3 is 6.18 Å². The quantitative estimate of drug-likeness (QED) is 0.541. The summed E-state index contributed by atoms with van der Waals surface area (Å²) in [5.41, 5.74) is -0.831. The molecule has 0 unspecified atom stereocenters. The molecule has 10 heteroatoms. The fraction of sp³-hybridized carbons (Fsp3) is 0.368. The Morgan fingerprint density at radius 2 is 1.97 bits per heavy atom. The summed E-state index contributed by atoms with van der Waals surface area (Å²) in [7, 11) is 0. The van der Waals surface area contributed by atoms with Gasteiger partial charge in [0.2, 0.25) is 5.13 Å². The Balaban J connectivity index is 1.87. The third kappa shape index (κ3) is 4.81. The molecular formula is C19H20F3N5OS. The van der Waals surface area contributed by atoms with E-state index in [0.717, 1.165) is 52.9 Å². The van der Waals surface area contributed by atoms with Crippen LogP contribution in [0.2, 0.25) is 0 Å². The Hall–Kier alpha value is -2.75. The van der Waals surface area contributed by atoms with Gasteiger partial charge < -0.3 is 0 Å². The summed E-state index contributed by atoms with van der Waals surface area (Å²) < 4.78 is 42.1. The molecule has 0 aliphatic heterocycles. The van der Waals surface area contributed by atoms with Crippen LogP contribution < -0.4 is 5.32 Å². The van der Waals surface area contributed by atoms with Gasteiger partial charge in [0, 0.05) is 6.42 Å². The highest BCUT2D eigenvalue weighted by Gasteiger charge is 2.41. The molecule has 0 aliphatic rings. The van der Waals surface area contributed by atoms with Crippen molar-refractivity contribution in [3.05, 3.63) is 52.3 Å². The van der Waals surface area contributed by atoms with Crippen molar-refractivity contribution in [2.24, 2.45) is 0 Å². The molecule has 0 aliphatic carbocycles. The fourth-order valence-electron chi connectivity index (χ4n) is 2.87. The van der Waals surface area contributed by atoms with Gasteiger partial charge in [-0.25, -0.2) is 4.68 Å². The van der Waals surface area contributed by atoms with Crippen LogP contribution in [-0.2, 0) is 12.6 Å². The minimum Gasteiger partial charge on any atom is -0.296 e. The number of hydrogen-bond donors (Lipinski definition) is 1. The van der Waals surface area contributed by atoms with Crippen molar-refractivity contribution in [3.8, 4) is 5.69 Å². The number of nitrogens with one attached hydrogen (secondary N) is 1. The van der Waals surface area contributed by atoms with Crippen molar-refractivity contribution in [2.45, 2.75) is 45.7 Å². The van der Waals surface area contributed by atoms with E-state index in [1.807, 2.05) is 0 Å². The summed E-state index contributed by atoms with van der Waals surface area (Å²) in [6, 6.07) is 6.53. The van der Waals surface area contributed by atoms with Crippen molar-refractivity contribution in [2.75, 3.05) is 5.32 Å². The molecule has 0 saturated carbocycles. The lowest BCUT2D eigenvalue weighted by molar-refractivity contribution is -0.143. The minimum absolute atomic E-state index is 0.165. The maximum absolute atomic E-state index is 13.8. The first kappa shape index (κ1) is 21.0. The highest BCUT2D eigenvalue weighted by atomic mass is 32.1. The van der Waals surface area contributed by atoms with Crippen LogP contribution in [-0.4, -0.2) is 25.9 Å². The Labute approximate surface area is 169 Å². The van der Waals surface area contributed by atoms with Crippen molar-refractivity contribution >= 4 is 22.4 Å². The number of rotatable bonds is 7. The predicted octanol–water partition coefficient (Wildman–Crippen LogP) is 5.04. The van der Waals surface area contributed by atoms with Gasteiger partial charge in [0.15, 0.2) is 5.69 Å². The molecule has 3 rings (SSSR count). The lowest BCUT2D eigenvalue weighted by atomic mass is 10.2. The van der Waals surface area contributed by atoms with Crippen molar-refractivity contribution in [1.29, 1.82) is 0 Å². The molecule has 1 amide bonds. The summed E-state index contributed by atoms with van der Waals surface area (Å²) >= 11 is 1.16. The summed E-state index contributed by atoms with van der Waals surface area (Å²) in [5, 5.41) is 15.0. The van der Waals surface area contributed by atoms with Gasteiger partial charge in [0.25, 0.3) is 5.91 Å². The lowest BCUT2D eigenvalue weighted by Crippen LogP contribution is -2.21. The number of carbonyl (C=O) groups excluding carboxylic acids is 1. The fourth-order valence-corrected chi connectivity index (χ4v) is 3.64. The van der Waals surface area contributed by atoms with Crippen LogP contribution in [0.4, 0.5) is 18.3 Å². The van der Waals surface area contributed by atoms with Gasteiger partial charge in [0.05, 0.1) is 17.4 Å². The monoisotopic (exact) mass is 423 g/mol. The first-order chi connectivity index (χ1) is 13.8. The minimum atomic E-state index is -4.77. The predicted molar refractivity (Wildman–Crippen MR) is 104 cm³/mol. The average molecular weight is 423 g/mol. The smallest absolute Gasteiger partial charge is 0.296 e. The number of para-hydroxylation sites is 1. The molecule has 0 radical (unpaired) electrons. The second kappa shape index (κ2) is 8.73. The van der Waals surface area contributed by atoms with E-state index in [1.54, 1.807) is 25.1 Å². The van der Waals surface area contributed by atoms with Crippen molar-refractivity contribution < 1.29 is 18.0 Å². The number of nitrogens with zero attached hydrogens (tertiary/aromatic N) is 4. The van der Waals surface area contributed by atoms with E-state index in [9.17, 15) is 18.0 Å². The molecule has 2 aromatic heterocycles. The number of halogens is 3. The molecule has 0 spiro atoms. The zero-order chi connectivity index (χ0) is 21.0. The molecule has 2 heterocycles. The van der Waals surface area contributed by atoms with Gasteiger partial charge in [-0.15, -0.1) is 10.2 Å². The molecular weight excluding hydrogens is 403 g/mol. The average Bonchev–Trinajstić information content (AvgIpc) is 3.29. The van der Waals surface area contributed by atoms with E-state index < -0.39 is 23.3 Å². The second-order valence-electron chi connectivity index (χ2n) is 6.52. The zero-order valence-corrected chi connectivity index (χ0v) is 16.8. The molecule has 3 aromatic rings. The number of carbonyl (C=O) groups is 1. The zero-order valence-electron chi connectivity index (χ0n) is 16.0. The normalized spacial score (nSPS) is 11.6. The standard InChI is InChI=1S/C19H20F3N5OS/c1-3-4-5-10-15-25-26-18(29-15)24-17(28)13-11-23-27(16(13)19(20,21)22)14-9-7-6-8-12(14)2/h6-9,11H,3-5,10H2,1-2H3,(H,24,26,28). The summed E-state index contributed by atoms with van der Waals surface area (Å²) in [6.45, 7) is 3.76. The van der Waals surface area contributed by atoms with E-state index in [0.29, 0.717) is 5.56 Å². The summed E-state index contributed by atoms with van der Waals surface area (Å²) in [5.74, 6) is -0.923. The summed E-state index contributed by atoms with van der Waals surface area (Å²) in [6.07, 6.45) is -0.0611. The van der Waals surface area contributed by atoms with E-state index >= 15 is 0 Å². The first-order valence-electron chi connectivity index (χ1n) is 9.16.